The highest BCUT2D eigenvalue weighted by Gasteiger charge is 2.21. The van der Waals surface area contributed by atoms with E-state index in [4.69, 9.17) is 0 Å². The van der Waals surface area contributed by atoms with Gasteiger partial charge in [-0.25, -0.2) is 15.0 Å². The van der Waals surface area contributed by atoms with Crippen molar-refractivity contribution in [2.45, 2.75) is 25.2 Å². The summed E-state index contributed by atoms with van der Waals surface area (Å²) in [4.78, 5) is 13.2. The monoisotopic (exact) mass is 295 g/mol. The molecule has 5 heteroatoms. The quantitative estimate of drug-likeness (QED) is 0.849. The van der Waals surface area contributed by atoms with E-state index < -0.39 is 0 Å². The second-order valence-corrected chi connectivity index (χ2v) is 6.08. The van der Waals surface area contributed by atoms with Gasteiger partial charge in [0.25, 0.3) is 0 Å². The van der Waals surface area contributed by atoms with Crippen molar-refractivity contribution in [3.05, 3.63) is 27.5 Å². The Balaban J connectivity index is 1.86. The number of hydrogen-bond donors (Lipinski definition) is 0. The molecule has 0 unspecified atom stereocenters. The Morgan fingerprint density at radius 2 is 2.00 bits per heavy atom. The van der Waals surface area contributed by atoms with E-state index in [-0.39, 0.29) is 0 Å². The molecule has 16 heavy (non-hydrogen) atoms. The van der Waals surface area contributed by atoms with Crippen LogP contribution in [0.1, 0.15) is 31.0 Å². The van der Waals surface area contributed by atoms with Crippen molar-refractivity contribution in [3.8, 4) is 11.3 Å². The predicted molar refractivity (Wildman–Crippen MR) is 67.4 cm³/mol. The van der Waals surface area contributed by atoms with Gasteiger partial charge in [0.2, 0.25) is 0 Å². The van der Waals surface area contributed by atoms with E-state index in [1.165, 1.54) is 19.3 Å². The van der Waals surface area contributed by atoms with Gasteiger partial charge in [-0.15, -0.1) is 11.3 Å². The Hall–Kier alpha value is -0.810. The van der Waals surface area contributed by atoms with Crippen molar-refractivity contribution in [2.75, 3.05) is 0 Å². The molecule has 1 fully saturated rings. The SMILES string of the molecule is Brc1nc(-c2cnc(C3CCC3)nc2)cs1. The minimum atomic E-state index is 0.594. The van der Waals surface area contributed by atoms with Crippen LogP contribution >= 0.6 is 27.3 Å². The van der Waals surface area contributed by atoms with Gasteiger partial charge in [0.15, 0.2) is 3.92 Å². The molecule has 1 saturated carbocycles. The first-order valence-corrected chi connectivity index (χ1v) is 6.93. The fourth-order valence-corrected chi connectivity index (χ4v) is 2.75. The van der Waals surface area contributed by atoms with Crippen LogP contribution in [0.5, 0.6) is 0 Å². The summed E-state index contributed by atoms with van der Waals surface area (Å²) < 4.78 is 0.894. The molecule has 82 valence electrons. The number of thiazole rings is 1. The maximum atomic E-state index is 4.42. The van der Waals surface area contributed by atoms with Gasteiger partial charge in [-0.2, -0.15) is 0 Å². The molecular weight excluding hydrogens is 286 g/mol. The first-order chi connectivity index (χ1) is 7.83. The zero-order valence-corrected chi connectivity index (χ0v) is 11.0. The van der Waals surface area contributed by atoms with Crippen LogP contribution in [-0.4, -0.2) is 15.0 Å². The molecule has 0 saturated heterocycles. The number of nitrogens with zero attached hydrogens (tertiary/aromatic N) is 3. The molecule has 2 aromatic heterocycles. The highest BCUT2D eigenvalue weighted by molar-refractivity contribution is 9.11. The number of halogens is 1. The molecule has 0 atom stereocenters. The van der Waals surface area contributed by atoms with Crippen LogP contribution in [0.2, 0.25) is 0 Å². The molecule has 0 bridgehead atoms. The smallest absolute Gasteiger partial charge is 0.159 e. The second kappa shape index (κ2) is 4.22. The average Bonchev–Trinajstić information content (AvgIpc) is 2.63. The standard InChI is InChI=1S/C11H10BrN3S/c12-11-15-9(6-16-11)8-4-13-10(14-5-8)7-2-1-3-7/h4-7H,1-3H2. The molecule has 0 amide bonds. The Kier molecular flexibility index (Phi) is 2.73. The Bertz CT molecular complexity index is 490. The molecule has 0 N–H and O–H groups in total. The Morgan fingerprint density at radius 1 is 1.25 bits per heavy atom. The molecule has 3 nitrogen and oxygen atoms in total. The number of aromatic nitrogens is 3. The normalized spacial score (nSPS) is 16.1. The fraction of sp³-hybridized carbons (Fsp3) is 0.364. The van der Waals surface area contributed by atoms with Gasteiger partial charge in [-0.3, -0.25) is 0 Å². The lowest BCUT2D eigenvalue weighted by atomic mass is 9.85. The third-order valence-electron chi connectivity index (χ3n) is 2.91. The molecule has 1 aliphatic carbocycles. The van der Waals surface area contributed by atoms with Crippen LogP contribution in [0, 0.1) is 0 Å². The third-order valence-corrected chi connectivity index (χ3v) is 4.28. The van der Waals surface area contributed by atoms with Gasteiger partial charge in [-0.05, 0) is 28.8 Å². The second-order valence-electron chi connectivity index (χ2n) is 3.94. The summed E-state index contributed by atoms with van der Waals surface area (Å²) in [6.07, 6.45) is 7.54. The Morgan fingerprint density at radius 3 is 2.50 bits per heavy atom. The summed E-state index contributed by atoms with van der Waals surface area (Å²) in [6, 6.07) is 0. The van der Waals surface area contributed by atoms with Gasteiger partial charge in [0.05, 0.1) is 5.69 Å². The molecule has 3 rings (SSSR count). The summed E-state index contributed by atoms with van der Waals surface area (Å²) in [6.45, 7) is 0. The molecule has 2 heterocycles. The van der Waals surface area contributed by atoms with Gasteiger partial charge in [0, 0.05) is 29.3 Å². The lowest BCUT2D eigenvalue weighted by Gasteiger charge is -2.23. The van der Waals surface area contributed by atoms with E-state index in [9.17, 15) is 0 Å². The molecule has 0 radical (unpaired) electrons. The van der Waals surface area contributed by atoms with Crippen molar-refractivity contribution in [1.82, 2.24) is 15.0 Å². The van der Waals surface area contributed by atoms with Gasteiger partial charge < -0.3 is 0 Å². The maximum absolute atomic E-state index is 4.42. The van der Waals surface area contributed by atoms with Gasteiger partial charge in [0.1, 0.15) is 5.82 Å². The fourth-order valence-electron chi connectivity index (χ4n) is 1.73. The summed E-state index contributed by atoms with van der Waals surface area (Å²) in [7, 11) is 0. The third kappa shape index (κ3) is 1.89. The highest BCUT2D eigenvalue weighted by atomic mass is 79.9. The van der Waals surface area contributed by atoms with Crippen molar-refractivity contribution >= 4 is 27.3 Å². The lowest BCUT2D eigenvalue weighted by Crippen LogP contribution is -2.12. The summed E-state index contributed by atoms with van der Waals surface area (Å²) in [5, 5.41) is 2.01. The van der Waals surface area contributed by atoms with Crippen LogP contribution < -0.4 is 0 Å². The summed E-state index contributed by atoms with van der Waals surface area (Å²) in [5.74, 6) is 1.58. The van der Waals surface area contributed by atoms with Crippen molar-refractivity contribution in [1.29, 1.82) is 0 Å². The maximum Gasteiger partial charge on any atom is 0.159 e. The first-order valence-electron chi connectivity index (χ1n) is 5.26. The molecule has 0 aromatic carbocycles. The van der Waals surface area contributed by atoms with Crippen LogP contribution in [0.4, 0.5) is 0 Å². The topological polar surface area (TPSA) is 38.7 Å². The van der Waals surface area contributed by atoms with Crippen molar-refractivity contribution in [3.63, 3.8) is 0 Å². The summed E-state index contributed by atoms with van der Waals surface area (Å²) in [5.41, 5.74) is 1.93. The van der Waals surface area contributed by atoms with E-state index in [0.717, 1.165) is 21.0 Å². The average molecular weight is 296 g/mol. The van der Waals surface area contributed by atoms with Gasteiger partial charge >= 0.3 is 0 Å². The van der Waals surface area contributed by atoms with Crippen molar-refractivity contribution < 1.29 is 0 Å². The highest BCUT2D eigenvalue weighted by Crippen LogP contribution is 2.34. The zero-order chi connectivity index (χ0) is 11.0. The first kappa shape index (κ1) is 10.4. The molecule has 0 spiro atoms. The van der Waals surface area contributed by atoms with Crippen LogP contribution in [-0.2, 0) is 0 Å². The number of hydrogen-bond acceptors (Lipinski definition) is 4. The Labute approximate surface area is 106 Å². The van der Waals surface area contributed by atoms with Gasteiger partial charge in [-0.1, -0.05) is 6.42 Å². The van der Waals surface area contributed by atoms with Crippen LogP contribution in [0.15, 0.2) is 21.7 Å². The minimum Gasteiger partial charge on any atom is -0.240 e. The van der Waals surface area contributed by atoms with E-state index in [1.807, 2.05) is 17.8 Å². The van der Waals surface area contributed by atoms with E-state index in [0.29, 0.717) is 5.92 Å². The minimum absolute atomic E-state index is 0.594. The van der Waals surface area contributed by atoms with Crippen LogP contribution in [0.3, 0.4) is 0 Å². The van der Waals surface area contributed by atoms with E-state index >= 15 is 0 Å². The van der Waals surface area contributed by atoms with E-state index in [1.54, 1.807) is 11.3 Å². The lowest BCUT2D eigenvalue weighted by molar-refractivity contribution is 0.401. The molecular formula is C11H10BrN3S. The van der Waals surface area contributed by atoms with Crippen molar-refractivity contribution in [2.24, 2.45) is 0 Å². The largest absolute Gasteiger partial charge is 0.240 e. The van der Waals surface area contributed by atoms with E-state index in [2.05, 4.69) is 30.9 Å². The predicted octanol–water partition coefficient (Wildman–Crippen LogP) is 3.63. The summed E-state index contributed by atoms with van der Waals surface area (Å²) >= 11 is 4.93. The molecule has 0 aliphatic heterocycles. The molecule has 1 aliphatic rings. The van der Waals surface area contributed by atoms with Crippen LogP contribution in [0.25, 0.3) is 11.3 Å². The molecule has 2 aromatic rings. The zero-order valence-electron chi connectivity index (χ0n) is 8.56. The number of rotatable bonds is 2.